The van der Waals surface area contributed by atoms with Gasteiger partial charge < -0.3 is 10.6 Å². The topological polar surface area (TPSA) is 71.8 Å². The molecule has 0 bridgehead atoms. The molecule has 1 unspecified atom stereocenters. The maximum atomic E-state index is 12.8. The minimum atomic E-state index is -0.443. The van der Waals surface area contributed by atoms with E-state index >= 15 is 0 Å². The molecule has 118 valence electrons. The predicted octanol–water partition coefficient (Wildman–Crippen LogP) is 2.02. The first-order valence-electron chi connectivity index (χ1n) is 6.91. The van der Waals surface area contributed by atoms with Crippen LogP contribution in [-0.2, 0) is 0 Å². The highest BCUT2D eigenvalue weighted by molar-refractivity contribution is 6.02. The molecule has 1 aliphatic rings. The van der Waals surface area contributed by atoms with Crippen molar-refractivity contribution >= 4 is 24.1 Å². The highest BCUT2D eigenvalue weighted by Gasteiger charge is 2.17. The Morgan fingerprint density at radius 3 is 2.95 bits per heavy atom. The van der Waals surface area contributed by atoms with Crippen molar-refractivity contribution in [2.45, 2.75) is 18.9 Å². The Labute approximate surface area is 133 Å². The average Bonchev–Trinajstić information content (AvgIpc) is 3.00. The summed E-state index contributed by atoms with van der Waals surface area (Å²) in [6, 6.07) is 4.61. The summed E-state index contributed by atoms with van der Waals surface area (Å²) in [5.41, 5.74) is 0.326. The predicted molar refractivity (Wildman–Crippen MR) is 82.8 cm³/mol. The van der Waals surface area contributed by atoms with E-state index < -0.39 is 5.82 Å². The van der Waals surface area contributed by atoms with Crippen LogP contribution in [0.25, 0.3) is 0 Å². The molecule has 22 heavy (non-hydrogen) atoms. The smallest absolute Gasteiger partial charge is 0.277 e. The van der Waals surface area contributed by atoms with E-state index in [2.05, 4.69) is 20.7 Å². The van der Waals surface area contributed by atoms with Crippen LogP contribution in [0.15, 0.2) is 30.6 Å². The van der Waals surface area contributed by atoms with Gasteiger partial charge in [0.2, 0.25) is 0 Å². The van der Waals surface area contributed by atoms with Crippen molar-refractivity contribution in [3.63, 3.8) is 0 Å². The number of hydrogen-bond acceptors (Lipinski definition) is 4. The fraction of sp³-hybridized carbons (Fsp3) is 0.357. The zero-order valence-corrected chi connectivity index (χ0v) is 12.6. The Hall–Kier alpha value is -1.99. The molecule has 1 fully saturated rings. The number of rotatable bonds is 3. The zero-order chi connectivity index (χ0) is 14.7. The van der Waals surface area contributed by atoms with Gasteiger partial charge in [-0.1, -0.05) is 0 Å². The number of piperidine rings is 1. The van der Waals surface area contributed by atoms with Crippen LogP contribution < -0.4 is 10.6 Å². The normalized spacial score (nSPS) is 17.6. The third kappa shape index (κ3) is 3.80. The van der Waals surface area contributed by atoms with Crippen molar-refractivity contribution in [1.82, 2.24) is 20.1 Å². The molecule has 2 aromatic rings. The van der Waals surface area contributed by atoms with Crippen LogP contribution >= 0.6 is 12.4 Å². The van der Waals surface area contributed by atoms with Gasteiger partial charge in [-0.05, 0) is 37.6 Å². The molecule has 1 saturated heterocycles. The van der Waals surface area contributed by atoms with E-state index in [1.54, 1.807) is 6.07 Å². The van der Waals surface area contributed by atoms with Crippen LogP contribution in [0.5, 0.6) is 0 Å². The SMILES string of the molecule is Cl.O=C(Nc1ccc(F)cn1)c1ccn(C2CCCNC2)n1. The highest BCUT2D eigenvalue weighted by Crippen LogP contribution is 2.16. The first-order chi connectivity index (χ1) is 10.2. The van der Waals surface area contributed by atoms with E-state index in [1.165, 1.54) is 12.1 Å². The van der Waals surface area contributed by atoms with Crippen molar-refractivity contribution in [3.8, 4) is 0 Å². The number of carbonyl (C=O) groups is 1. The third-order valence-electron chi connectivity index (χ3n) is 3.45. The van der Waals surface area contributed by atoms with E-state index in [1.807, 2.05) is 10.9 Å². The summed E-state index contributed by atoms with van der Waals surface area (Å²) in [4.78, 5) is 15.8. The third-order valence-corrected chi connectivity index (χ3v) is 3.45. The lowest BCUT2D eigenvalue weighted by Gasteiger charge is -2.22. The number of nitrogens with zero attached hydrogens (tertiary/aromatic N) is 3. The number of nitrogens with one attached hydrogen (secondary N) is 2. The summed E-state index contributed by atoms with van der Waals surface area (Å²) < 4.78 is 14.6. The minimum Gasteiger partial charge on any atom is -0.315 e. The minimum absolute atomic E-state index is 0. The van der Waals surface area contributed by atoms with Crippen molar-refractivity contribution in [3.05, 3.63) is 42.1 Å². The molecule has 1 amide bonds. The maximum absolute atomic E-state index is 12.8. The second-order valence-electron chi connectivity index (χ2n) is 5.00. The summed E-state index contributed by atoms with van der Waals surface area (Å²) in [6.45, 7) is 1.89. The zero-order valence-electron chi connectivity index (χ0n) is 11.8. The molecule has 6 nitrogen and oxygen atoms in total. The van der Waals surface area contributed by atoms with Crippen molar-refractivity contribution in [2.24, 2.45) is 0 Å². The number of carbonyl (C=O) groups excluding carboxylic acids is 1. The Morgan fingerprint density at radius 1 is 1.41 bits per heavy atom. The molecule has 0 saturated carbocycles. The van der Waals surface area contributed by atoms with Crippen LogP contribution in [0, 0.1) is 5.82 Å². The molecule has 1 aliphatic heterocycles. The van der Waals surface area contributed by atoms with E-state index in [4.69, 9.17) is 0 Å². The summed E-state index contributed by atoms with van der Waals surface area (Å²) in [6.07, 6.45) is 5.02. The lowest BCUT2D eigenvalue weighted by Crippen LogP contribution is -2.32. The molecule has 8 heteroatoms. The average molecular weight is 326 g/mol. The Balaban J connectivity index is 0.00000176. The lowest BCUT2D eigenvalue weighted by atomic mass is 10.1. The number of aromatic nitrogens is 3. The van der Waals surface area contributed by atoms with Gasteiger partial charge in [0.05, 0.1) is 12.2 Å². The lowest BCUT2D eigenvalue weighted by molar-refractivity contribution is 0.102. The second-order valence-corrected chi connectivity index (χ2v) is 5.00. The molecule has 1 atom stereocenters. The molecule has 2 N–H and O–H groups in total. The van der Waals surface area contributed by atoms with Gasteiger partial charge in [0.1, 0.15) is 11.6 Å². The molecule has 0 spiro atoms. The molecular formula is C14H17ClFN5O. The van der Waals surface area contributed by atoms with Crippen molar-refractivity contribution < 1.29 is 9.18 Å². The molecular weight excluding hydrogens is 309 g/mol. The van der Waals surface area contributed by atoms with E-state index in [9.17, 15) is 9.18 Å². The molecule has 0 aliphatic carbocycles. The van der Waals surface area contributed by atoms with Crippen LogP contribution in [-0.4, -0.2) is 33.8 Å². The largest absolute Gasteiger partial charge is 0.315 e. The van der Waals surface area contributed by atoms with E-state index in [-0.39, 0.29) is 24.4 Å². The first-order valence-corrected chi connectivity index (χ1v) is 6.91. The molecule has 3 rings (SSSR count). The van der Waals surface area contributed by atoms with Crippen LogP contribution in [0.4, 0.5) is 10.2 Å². The fourth-order valence-electron chi connectivity index (χ4n) is 2.35. The number of amides is 1. The van der Waals surface area contributed by atoms with Gasteiger partial charge in [-0.2, -0.15) is 5.10 Å². The van der Waals surface area contributed by atoms with Crippen molar-refractivity contribution in [1.29, 1.82) is 0 Å². The van der Waals surface area contributed by atoms with Gasteiger partial charge in [0.25, 0.3) is 5.91 Å². The van der Waals surface area contributed by atoms with Gasteiger partial charge in [0.15, 0.2) is 5.69 Å². The molecule has 3 heterocycles. The van der Waals surface area contributed by atoms with Gasteiger partial charge >= 0.3 is 0 Å². The monoisotopic (exact) mass is 325 g/mol. The van der Waals surface area contributed by atoms with Crippen molar-refractivity contribution in [2.75, 3.05) is 18.4 Å². The van der Waals surface area contributed by atoms with Gasteiger partial charge in [0, 0.05) is 12.7 Å². The van der Waals surface area contributed by atoms with Gasteiger partial charge in [-0.3, -0.25) is 9.48 Å². The van der Waals surface area contributed by atoms with Crippen LogP contribution in [0.3, 0.4) is 0 Å². The summed E-state index contributed by atoms with van der Waals surface area (Å²) in [7, 11) is 0. The Bertz CT molecular complexity index is 624. The first kappa shape index (κ1) is 16.4. The van der Waals surface area contributed by atoms with Crippen LogP contribution in [0.2, 0.25) is 0 Å². The Morgan fingerprint density at radius 2 is 2.27 bits per heavy atom. The number of hydrogen-bond donors (Lipinski definition) is 2. The molecule has 2 aromatic heterocycles. The van der Waals surface area contributed by atoms with E-state index in [0.29, 0.717) is 11.5 Å². The summed E-state index contributed by atoms with van der Waals surface area (Å²) in [5.74, 6) is -0.492. The highest BCUT2D eigenvalue weighted by atomic mass is 35.5. The van der Waals surface area contributed by atoms with E-state index in [0.717, 1.165) is 32.1 Å². The molecule has 0 aromatic carbocycles. The van der Waals surface area contributed by atoms with Gasteiger partial charge in [-0.15, -0.1) is 12.4 Å². The summed E-state index contributed by atoms with van der Waals surface area (Å²) in [5, 5.41) is 10.2. The quantitative estimate of drug-likeness (QED) is 0.905. The number of halogens is 2. The number of anilines is 1. The fourth-order valence-corrected chi connectivity index (χ4v) is 2.35. The molecule has 0 radical (unpaired) electrons. The Kier molecular flexibility index (Phi) is 5.46. The van der Waals surface area contributed by atoms with Gasteiger partial charge in [-0.25, -0.2) is 9.37 Å². The summed E-state index contributed by atoms with van der Waals surface area (Å²) >= 11 is 0. The standard InChI is InChI=1S/C14H16FN5O.ClH/c15-10-3-4-13(17-8-10)18-14(21)12-5-7-20(19-12)11-2-1-6-16-9-11;/h3-5,7-8,11,16H,1-2,6,9H2,(H,17,18,21);1H. The second kappa shape index (κ2) is 7.33. The number of pyridine rings is 1. The van der Waals surface area contributed by atoms with Crippen LogP contribution in [0.1, 0.15) is 29.4 Å². The maximum Gasteiger partial charge on any atom is 0.277 e.